The summed E-state index contributed by atoms with van der Waals surface area (Å²) in [6.07, 6.45) is 5.67. The molecule has 5 heteroatoms. The third-order valence-corrected chi connectivity index (χ3v) is 6.90. The zero-order valence-electron chi connectivity index (χ0n) is 15.1. The number of aromatic nitrogens is 1. The number of thioether (sulfide) groups is 1. The van der Waals surface area contributed by atoms with Crippen LogP contribution in [0.1, 0.15) is 18.4 Å². The van der Waals surface area contributed by atoms with E-state index in [0.717, 1.165) is 6.42 Å². The highest BCUT2D eigenvalue weighted by molar-refractivity contribution is 8.03. The van der Waals surface area contributed by atoms with Crippen molar-refractivity contribution in [3.63, 3.8) is 0 Å². The molecule has 0 aliphatic carbocycles. The van der Waals surface area contributed by atoms with E-state index in [4.69, 9.17) is 0 Å². The largest absolute Gasteiger partial charge is 1.00 e. The summed E-state index contributed by atoms with van der Waals surface area (Å²) in [5.41, 5.74) is 3.94. The molecule has 134 valence electrons. The Morgan fingerprint density at radius 2 is 1.85 bits per heavy atom. The lowest BCUT2D eigenvalue weighted by molar-refractivity contribution is -0.642. The zero-order chi connectivity index (χ0) is 17.4. The van der Waals surface area contributed by atoms with Gasteiger partial charge in [-0.15, -0.1) is 0 Å². The molecule has 0 amide bonds. The molecule has 0 unspecified atom stereocenters. The number of nitrogens with zero attached hydrogens (tertiary/aromatic N) is 2. The van der Waals surface area contributed by atoms with Crippen molar-refractivity contribution in [2.75, 3.05) is 11.9 Å². The maximum atomic E-state index is 2.33. The summed E-state index contributed by atoms with van der Waals surface area (Å²) in [5.74, 6) is 0. The van der Waals surface area contributed by atoms with E-state index in [9.17, 15) is 0 Å². The van der Waals surface area contributed by atoms with Gasteiger partial charge in [0.1, 0.15) is 11.7 Å². The van der Waals surface area contributed by atoms with E-state index >= 15 is 0 Å². The highest BCUT2D eigenvalue weighted by atomic mass is 79.9. The number of aryl methyl sites for hydroxylation is 1. The van der Waals surface area contributed by atoms with E-state index in [2.05, 4.69) is 91.2 Å². The van der Waals surface area contributed by atoms with Crippen LogP contribution in [0.25, 0.3) is 16.3 Å². The molecular weight excluding hydrogens is 424 g/mol. The van der Waals surface area contributed by atoms with Gasteiger partial charge in [0.25, 0.3) is 5.01 Å². The van der Waals surface area contributed by atoms with Gasteiger partial charge in [0.15, 0.2) is 0 Å². The van der Waals surface area contributed by atoms with E-state index in [-0.39, 0.29) is 17.0 Å². The summed E-state index contributed by atoms with van der Waals surface area (Å²) in [7, 11) is 4.30. The van der Waals surface area contributed by atoms with E-state index in [1.165, 1.54) is 36.4 Å². The molecule has 0 fully saturated rings. The number of allylic oxidation sites excluding steroid dienone is 2. The molecule has 0 spiro atoms. The Morgan fingerprint density at radius 1 is 1.12 bits per heavy atom. The highest BCUT2D eigenvalue weighted by Gasteiger charge is 2.21. The molecule has 2 heterocycles. The molecule has 26 heavy (non-hydrogen) atoms. The fraction of sp³-hybridized carbons (Fsp3) is 0.190. The Labute approximate surface area is 173 Å². The topological polar surface area (TPSA) is 7.12 Å². The summed E-state index contributed by atoms with van der Waals surface area (Å²) in [6, 6.07) is 17.2. The van der Waals surface area contributed by atoms with Gasteiger partial charge in [0, 0.05) is 24.1 Å². The van der Waals surface area contributed by atoms with Crippen LogP contribution in [0, 0.1) is 0 Å². The minimum atomic E-state index is 0. The molecule has 0 atom stereocenters. The van der Waals surface area contributed by atoms with Crippen LogP contribution in [0.4, 0.5) is 5.69 Å². The molecular formula is C21H21BrN2S2. The molecule has 3 aromatic rings. The van der Waals surface area contributed by atoms with Crippen molar-refractivity contribution in [3.8, 4) is 0 Å². The average molecular weight is 445 g/mol. The Morgan fingerprint density at radius 3 is 2.58 bits per heavy atom. The van der Waals surface area contributed by atoms with Gasteiger partial charge in [-0.1, -0.05) is 54.3 Å². The SMILES string of the molecule is CCC(=Cc1sc2ccccc2[n+]1C)C=C1Sc2ccccc2N1C.[Br-]. The quantitative estimate of drug-likeness (QED) is 0.573. The summed E-state index contributed by atoms with van der Waals surface area (Å²) in [4.78, 5) is 3.62. The molecule has 2 nitrogen and oxygen atoms in total. The fourth-order valence-electron chi connectivity index (χ4n) is 3.06. The number of rotatable bonds is 3. The Bertz CT molecular complexity index is 1000. The molecule has 1 aliphatic heterocycles. The lowest BCUT2D eigenvalue weighted by Gasteiger charge is -2.13. The standard InChI is InChI=1S/C21H21N2S2.BrH/c1-4-15(13-20-22(2)16-9-5-7-11-18(16)24-20)14-21-23(3)17-10-6-8-12-19(17)25-21;/h5-14H,4H2,1-3H3;1H/q+1;/p-1. The minimum absolute atomic E-state index is 0. The van der Waals surface area contributed by atoms with E-state index < -0.39 is 0 Å². The van der Waals surface area contributed by atoms with Crippen LogP contribution >= 0.6 is 23.1 Å². The second-order valence-corrected chi connectivity index (χ2v) is 8.28. The van der Waals surface area contributed by atoms with E-state index in [1.54, 1.807) is 0 Å². The van der Waals surface area contributed by atoms with Gasteiger partial charge in [-0.3, -0.25) is 0 Å². The van der Waals surface area contributed by atoms with Crippen molar-refractivity contribution >= 4 is 45.1 Å². The van der Waals surface area contributed by atoms with Gasteiger partial charge < -0.3 is 21.9 Å². The first-order chi connectivity index (χ1) is 12.2. The number of para-hydroxylation sites is 2. The van der Waals surface area contributed by atoms with Gasteiger partial charge in [-0.05, 0) is 36.3 Å². The number of hydrogen-bond acceptors (Lipinski definition) is 3. The number of fused-ring (bicyclic) bond motifs is 2. The Balaban J connectivity index is 0.00000196. The maximum absolute atomic E-state index is 2.33. The monoisotopic (exact) mass is 444 g/mol. The van der Waals surface area contributed by atoms with E-state index in [0.29, 0.717) is 0 Å². The fourth-order valence-corrected chi connectivity index (χ4v) is 5.31. The van der Waals surface area contributed by atoms with Crippen LogP contribution in [0.2, 0.25) is 0 Å². The predicted molar refractivity (Wildman–Crippen MR) is 110 cm³/mol. The normalized spacial score (nSPS) is 15.4. The van der Waals surface area contributed by atoms with Crippen LogP contribution in [0.15, 0.2) is 70.1 Å². The highest BCUT2D eigenvalue weighted by Crippen LogP contribution is 2.45. The summed E-state index contributed by atoms with van der Waals surface area (Å²) in [5, 5.41) is 2.58. The van der Waals surface area contributed by atoms with Crippen LogP contribution in [-0.2, 0) is 7.05 Å². The number of hydrogen-bond donors (Lipinski definition) is 0. The molecule has 0 radical (unpaired) electrons. The number of benzene rings is 2. The maximum Gasteiger partial charge on any atom is 0.262 e. The summed E-state index contributed by atoms with van der Waals surface area (Å²) in [6.45, 7) is 2.23. The van der Waals surface area contributed by atoms with Crippen molar-refractivity contribution in [1.82, 2.24) is 0 Å². The van der Waals surface area contributed by atoms with Gasteiger partial charge in [0.2, 0.25) is 5.52 Å². The first kappa shape index (κ1) is 19.2. The number of anilines is 1. The first-order valence-electron chi connectivity index (χ1n) is 8.48. The second-order valence-electron chi connectivity index (χ2n) is 6.15. The molecule has 0 bridgehead atoms. The number of halogens is 1. The van der Waals surface area contributed by atoms with Crippen molar-refractivity contribution in [2.24, 2.45) is 7.05 Å². The Hall–Kier alpha value is -1.56. The molecule has 2 aromatic carbocycles. The lowest BCUT2D eigenvalue weighted by atomic mass is 10.2. The smallest absolute Gasteiger partial charge is 0.262 e. The predicted octanol–water partition coefficient (Wildman–Crippen LogP) is 2.61. The van der Waals surface area contributed by atoms with E-state index in [1.807, 2.05) is 23.1 Å². The summed E-state index contributed by atoms with van der Waals surface area (Å²) < 4.78 is 3.62. The third-order valence-electron chi connectivity index (χ3n) is 4.57. The van der Waals surface area contributed by atoms with Crippen molar-refractivity contribution in [3.05, 3.63) is 70.2 Å². The molecule has 1 aliphatic rings. The molecule has 0 saturated heterocycles. The minimum Gasteiger partial charge on any atom is -1.00 e. The van der Waals surface area contributed by atoms with Gasteiger partial charge in [-0.2, -0.15) is 4.57 Å². The van der Waals surface area contributed by atoms with Crippen LogP contribution < -0.4 is 26.4 Å². The molecule has 0 saturated carbocycles. The van der Waals surface area contributed by atoms with Crippen molar-refractivity contribution in [1.29, 1.82) is 0 Å². The van der Waals surface area contributed by atoms with Gasteiger partial charge >= 0.3 is 0 Å². The van der Waals surface area contributed by atoms with Crippen molar-refractivity contribution < 1.29 is 21.5 Å². The van der Waals surface area contributed by atoms with Gasteiger partial charge in [-0.25, -0.2) is 0 Å². The average Bonchev–Trinajstić information content (AvgIpc) is 3.12. The molecule has 4 rings (SSSR count). The number of thiazole rings is 1. The third kappa shape index (κ3) is 3.48. The lowest BCUT2D eigenvalue weighted by Crippen LogP contribution is -3.00. The van der Waals surface area contributed by atoms with Crippen LogP contribution in [0.5, 0.6) is 0 Å². The Kier molecular flexibility index (Phi) is 5.90. The second kappa shape index (κ2) is 7.99. The summed E-state index contributed by atoms with van der Waals surface area (Å²) >= 11 is 3.70. The van der Waals surface area contributed by atoms with Crippen LogP contribution in [-0.4, -0.2) is 7.05 Å². The molecule has 1 aromatic heterocycles. The van der Waals surface area contributed by atoms with Crippen LogP contribution in [0.3, 0.4) is 0 Å². The van der Waals surface area contributed by atoms with Crippen molar-refractivity contribution in [2.45, 2.75) is 18.2 Å². The zero-order valence-corrected chi connectivity index (χ0v) is 18.3. The molecule has 0 N–H and O–H groups in total. The van der Waals surface area contributed by atoms with Gasteiger partial charge in [0.05, 0.1) is 10.7 Å². The first-order valence-corrected chi connectivity index (χ1v) is 10.1.